The van der Waals surface area contributed by atoms with E-state index in [-0.39, 0.29) is 0 Å². The monoisotopic (exact) mass is 386 g/mol. The van der Waals surface area contributed by atoms with Gasteiger partial charge in [-0.1, -0.05) is 0 Å². The van der Waals surface area contributed by atoms with Gasteiger partial charge in [-0.3, -0.25) is 0 Å². The van der Waals surface area contributed by atoms with Gasteiger partial charge in [0.15, 0.2) is 0 Å². The molecule has 0 radical (unpaired) electrons. The van der Waals surface area contributed by atoms with Crippen LogP contribution >= 0.6 is 0 Å². The van der Waals surface area contributed by atoms with Gasteiger partial charge >= 0.3 is 0 Å². The molecule has 2 aromatic carbocycles. The molecule has 0 aliphatic rings. The zero-order valence-corrected chi connectivity index (χ0v) is 20.0. The molecule has 152 valence electrons. The molecule has 0 N–H and O–H groups in total. The molecule has 0 atom stereocenters. The van der Waals surface area contributed by atoms with Crippen LogP contribution in [-0.4, -0.2) is 9.97 Å². The zero-order chi connectivity index (χ0) is 21.8. The lowest BCUT2D eigenvalue weighted by Gasteiger charge is -2.21. The van der Waals surface area contributed by atoms with E-state index < -0.39 is 0 Å². The van der Waals surface area contributed by atoms with Gasteiger partial charge in [0, 0.05) is 11.1 Å². The fourth-order valence-corrected chi connectivity index (χ4v) is 4.59. The normalized spacial score (nSPS) is 11.3. The number of nitrogens with zero attached hydrogens (tertiary/aromatic N) is 2. The first kappa shape index (κ1) is 21.2. The molecule has 2 heteroatoms. The van der Waals surface area contributed by atoms with Crippen molar-refractivity contribution in [1.29, 1.82) is 0 Å². The Morgan fingerprint density at radius 3 is 0.897 bits per heavy atom. The first-order valence-corrected chi connectivity index (χ1v) is 10.5. The minimum atomic E-state index is 0.821. The van der Waals surface area contributed by atoms with Crippen molar-refractivity contribution in [3.05, 3.63) is 67.5 Å². The van der Waals surface area contributed by atoms with Crippen LogP contribution in [0.3, 0.4) is 0 Å². The van der Waals surface area contributed by atoms with Crippen molar-refractivity contribution in [2.24, 2.45) is 0 Å². The van der Waals surface area contributed by atoms with E-state index in [1.165, 1.54) is 66.8 Å². The SMILES string of the molecule is Cc1nc(-c2c(C)c(C)c(C)c(C)c2C)cc(-c2c(C)c(C)c(C)c(C)c2C)n1. The van der Waals surface area contributed by atoms with E-state index in [2.05, 4.69) is 75.3 Å². The third kappa shape index (κ3) is 3.29. The molecule has 29 heavy (non-hydrogen) atoms. The van der Waals surface area contributed by atoms with Crippen LogP contribution in [0.25, 0.3) is 22.5 Å². The summed E-state index contributed by atoms with van der Waals surface area (Å²) in [6.45, 7) is 24.2. The average Bonchev–Trinajstić information content (AvgIpc) is 2.67. The van der Waals surface area contributed by atoms with Crippen LogP contribution in [-0.2, 0) is 0 Å². The Kier molecular flexibility index (Phi) is 5.42. The number of hydrogen-bond acceptors (Lipinski definition) is 2. The maximum atomic E-state index is 4.87. The molecule has 2 nitrogen and oxygen atoms in total. The molecule has 0 unspecified atom stereocenters. The Morgan fingerprint density at radius 2 is 0.621 bits per heavy atom. The molecule has 0 saturated heterocycles. The van der Waals surface area contributed by atoms with Gasteiger partial charge in [0.25, 0.3) is 0 Å². The number of aryl methyl sites for hydroxylation is 1. The molecule has 0 amide bonds. The molecule has 0 saturated carbocycles. The Labute approximate surface area is 176 Å². The number of benzene rings is 2. The van der Waals surface area contributed by atoms with E-state index in [0.29, 0.717) is 0 Å². The maximum absolute atomic E-state index is 4.87. The Balaban J connectivity index is 2.37. The van der Waals surface area contributed by atoms with Crippen LogP contribution in [0.15, 0.2) is 6.07 Å². The molecule has 0 fully saturated rings. The first-order chi connectivity index (χ1) is 13.5. The highest BCUT2D eigenvalue weighted by Gasteiger charge is 2.19. The van der Waals surface area contributed by atoms with Crippen molar-refractivity contribution in [3.63, 3.8) is 0 Å². The summed E-state index contributed by atoms with van der Waals surface area (Å²) in [4.78, 5) is 9.75. The van der Waals surface area contributed by atoms with Crippen molar-refractivity contribution >= 4 is 0 Å². The van der Waals surface area contributed by atoms with E-state index in [0.717, 1.165) is 17.2 Å². The van der Waals surface area contributed by atoms with Crippen LogP contribution < -0.4 is 0 Å². The summed E-state index contributed by atoms with van der Waals surface area (Å²) in [5.74, 6) is 0.821. The predicted octanol–water partition coefficient (Wildman–Crippen LogP) is 7.20. The molecule has 1 heterocycles. The van der Waals surface area contributed by atoms with Crippen molar-refractivity contribution in [1.82, 2.24) is 9.97 Å². The number of rotatable bonds is 2. The third-order valence-electron chi connectivity index (χ3n) is 7.35. The summed E-state index contributed by atoms with van der Waals surface area (Å²) in [6, 6.07) is 2.19. The Bertz CT molecular complexity index is 1000. The van der Waals surface area contributed by atoms with Gasteiger partial charge in [-0.05, 0) is 138 Å². The van der Waals surface area contributed by atoms with Gasteiger partial charge in [-0.15, -0.1) is 0 Å². The molecule has 1 aromatic heterocycles. The van der Waals surface area contributed by atoms with Gasteiger partial charge < -0.3 is 0 Å². The summed E-state index contributed by atoms with van der Waals surface area (Å²) in [5, 5.41) is 0. The quantitative estimate of drug-likeness (QED) is 0.465. The van der Waals surface area contributed by atoms with E-state index in [1.54, 1.807) is 0 Å². The zero-order valence-electron chi connectivity index (χ0n) is 20.0. The lowest BCUT2D eigenvalue weighted by molar-refractivity contribution is 1.05. The molecular formula is C27H34N2. The van der Waals surface area contributed by atoms with Gasteiger partial charge in [0.05, 0.1) is 11.4 Å². The highest BCUT2D eigenvalue weighted by Crippen LogP contribution is 2.37. The smallest absolute Gasteiger partial charge is 0.126 e. The van der Waals surface area contributed by atoms with E-state index in [9.17, 15) is 0 Å². The highest BCUT2D eigenvalue weighted by atomic mass is 14.9. The van der Waals surface area contributed by atoms with Crippen LogP contribution in [0.1, 0.15) is 61.5 Å². The number of hydrogen-bond donors (Lipinski definition) is 0. The lowest BCUT2D eigenvalue weighted by atomic mass is 9.86. The maximum Gasteiger partial charge on any atom is 0.126 e. The van der Waals surface area contributed by atoms with Gasteiger partial charge in [-0.2, -0.15) is 0 Å². The molecule has 3 aromatic rings. The van der Waals surface area contributed by atoms with Crippen molar-refractivity contribution in [2.45, 2.75) is 76.2 Å². The predicted molar refractivity (Wildman–Crippen MR) is 125 cm³/mol. The summed E-state index contributed by atoms with van der Waals surface area (Å²) in [6.07, 6.45) is 0. The summed E-state index contributed by atoms with van der Waals surface area (Å²) in [7, 11) is 0. The summed E-state index contributed by atoms with van der Waals surface area (Å²) in [5.41, 5.74) is 18.0. The molecular weight excluding hydrogens is 352 g/mol. The fraction of sp³-hybridized carbons (Fsp3) is 0.407. The number of aromatic nitrogens is 2. The minimum Gasteiger partial charge on any atom is -0.233 e. The topological polar surface area (TPSA) is 25.8 Å². The second-order valence-electron chi connectivity index (χ2n) is 8.69. The van der Waals surface area contributed by atoms with Crippen molar-refractivity contribution in [3.8, 4) is 22.5 Å². The summed E-state index contributed by atoms with van der Waals surface area (Å²) < 4.78 is 0. The van der Waals surface area contributed by atoms with E-state index in [4.69, 9.17) is 9.97 Å². The van der Waals surface area contributed by atoms with Gasteiger partial charge in [0.2, 0.25) is 0 Å². The second kappa shape index (κ2) is 7.40. The Hall–Kier alpha value is -2.48. The molecule has 0 spiro atoms. The van der Waals surface area contributed by atoms with Crippen LogP contribution in [0.2, 0.25) is 0 Å². The Morgan fingerprint density at radius 1 is 0.379 bits per heavy atom. The van der Waals surface area contributed by atoms with Gasteiger partial charge in [-0.25, -0.2) is 9.97 Å². The molecule has 0 aliphatic carbocycles. The first-order valence-electron chi connectivity index (χ1n) is 10.5. The fourth-order valence-electron chi connectivity index (χ4n) is 4.59. The average molecular weight is 387 g/mol. The van der Waals surface area contributed by atoms with Crippen LogP contribution in [0.4, 0.5) is 0 Å². The molecule has 0 bridgehead atoms. The third-order valence-corrected chi connectivity index (χ3v) is 7.35. The van der Waals surface area contributed by atoms with Crippen molar-refractivity contribution < 1.29 is 0 Å². The van der Waals surface area contributed by atoms with Crippen LogP contribution in [0, 0.1) is 76.2 Å². The summed E-state index contributed by atoms with van der Waals surface area (Å²) >= 11 is 0. The van der Waals surface area contributed by atoms with E-state index in [1.807, 2.05) is 6.92 Å². The lowest BCUT2D eigenvalue weighted by Crippen LogP contribution is -2.05. The van der Waals surface area contributed by atoms with Gasteiger partial charge in [0.1, 0.15) is 5.82 Å². The largest absolute Gasteiger partial charge is 0.233 e. The minimum absolute atomic E-state index is 0.821. The second-order valence-corrected chi connectivity index (χ2v) is 8.69. The van der Waals surface area contributed by atoms with Crippen LogP contribution in [0.5, 0.6) is 0 Å². The molecule has 0 aliphatic heterocycles. The standard InChI is InChI=1S/C27H34N2/c1-13-15(3)19(7)26(20(8)16(13)4)24-12-25(29-23(11)28-24)27-21(9)17(5)14(2)18(6)22(27)10/h12H,1-11H3. The molecule has 3 rings (SSSR count). The van der Waals surface area contributed by atoms with Crippen molar-refractivity contribution in [2.75, 3.05) is 0 Å². The highest BCUT2D eigenvalue weighted by molar-refractivity contribution is 5.78. The van der Waals surface area contributed by atoms with E-state index >= 15 is 0 Å².